The molecule has 1 aliphatic heterocycles. The van der Waals surface area contributed by atoms with Gasteiger partial charge in [0, 0.05) is 0 Å². The number of nitrogens with two attached hydrogens (primary N) is 1. The first-order chi connectivity index (χ1) is 10.1. The van der Waals surface area contributed by atoms with Gasteiger partial charge in [0.05, 0.1) is 13.2 Å². The maximum Gasteiger partial charge on any atom is 0.283 e. The second-order valence-electron chi connectivity index (χ2n) is 5.37. The first-order valence-corrected chi connectivity index (χ1v) is 7.47. The van der Waals surface area contributed by atoms with Gasteiger partial charge in [0.1, 0.15) is 12.1 Å². The summed E-state index contributed by atoms with van der Waals surface area (Å²) in [5, 5.41) is 0. The summed E-state index contributed by atoms with van der Waals surface area (Å²) in [7, 11) is 0. The van der Waals surface area contributed by atoms with Crippen molar-refractivity contribution in [3.63, 3.8) is 0 Å². The Bertz CT molecular complexity index is 516. The normalized spacial score (nSPS) is 20.8. The van der Waals surface area contributed by atoms with Crippen molar-refractivity contribution in [2.24, 2.45) is 10.7 Å². The Morgan fingerprint density at radius 1 is 1.19 bits per heavy atom. The zero-order chi connectivity index (χ0) is 15.3. The van der Waals surface area contributed by atoms with Gasteiger partial charge in [-0.1, -0.05) is 19.9 Å². The molecule has 1 heterocycles. The SMILES string of the molecule is CCCOc1ccc(C2(C)COC(N)=N2)cc1OCCC. The number of benzene rings is 1. The number of nitrogens with zero attached hydrogens (tertiary/aromatic N) is 1. The summed E-state index contributed by atoms with van der Waals surface area (Å²) in [4.78, 5) is 4.38. The van der Waals surface area contributed by atoms with Crippen molar-refractivity contribution < 1.29 is 14.2 Å². The third kappa shape index (κ3) is 3.60. The van der Waals surface area contributed by atoms with E-state index in [2.05, 4.69) is 18.8 Å². The van der Waals surface area contributed by atoms with Gasteiger partial charge in [0.15, 0.2) is 11.5 Å². The predicted octanol–water partition coefficient (Wildman–Crippen LogP) is 2.82. The van der Waals surface area contributed by atoms with Gasteiger partial charge in [-0.15, -0.1) is 0 Å². The highest BCUT2D eigenvalue weighted by molar-refractivity contribution is 5.74. The summed E-state index contributed by atoms with van der Waals surface area (Å²) in [6.07, 6.45) is 1.91. The molecular formula is C16H24N2O3. The highest BCUT2D eigenvalue weighted by Crippen LogP contribution is 2.36. The average molecular weight is 292 g/mol. The van der Waals surface area contributed by atoms with Crippen LogP contribution in [0, 0.1) is 0 Å². The standard InChI is InChI=1S/C16H24N2O3/c1-4-8-19-13-7-6-12(10-14(13)20-9-5-2)16(3)11-21-15(17)18-16/h6-7,10H,4-5,8-9,11H2,1-3H3,(H2,17,18). The Morgan fingerprint density at radius 2 is 1.86 bits per heavy atom. The molecule has 1 aromatic carbocycles. The van der Waals surface area contributed by atoms with Crippen LogP contribution in [0.1, 0.15) is 39.2 Å². The first kappa shape index (κ1) is 15.5. The van der Waals surface area contributed by atoms with Crippen LogP contribution >= 0.6 is 0 Å². The van der Waals surface area contributed by atoms with Crippen molar-refractivity contribution in [2.45, 2.75) is 39.2 Å². The van der Waals surface area contributed by atoms with Gasteiger partial charge in [0.2, 0.25) is 0 Å². The van der Waals surface area contributed by atoms with E-state index in [4.69, 9.17) is 19.9 Å². The van der Waals surface area contributed by atoms with Gasteiger partial charge in [0.25, 0.3) is 6.02 Å². The number of amidine groups is 1. The molecule has 1 aromatic rings. The summed E-state index contributed by atoms with van der Waals surface area (Å²) in [5.74, 6) is 1.53. The fourth-order valence-electron chi connectivity index (χ4n) is 2.17. The number of aliphatic imine (C=N–C) groups is 1. The molecule has 1 aliphatic rings. The van der Waals surface area contributed by atoms with E-state index in [0.717, 1.165) is 29.9 Å². The Morgan fingerprint density at radius 3 is 2.43 bits per heavy atom. The molecule has 0 spiro atoms. The lowest BCUT2D eigenvalue weighted by molar-refractivity contribution is 0.258. The van der Waals surface area contributed by atoms with Gasteiger partial charge in [-0.05, 0) is 37.5 Å². The van der Waals surface area contributed by atoms with Crippen LogP contribution in [0.15, 0.2) is 23.2 Å². The fourth-order valence-corrected chi connectivity index (χ4v) is 2.17. The Kier molecular flexibility index (Phi) is 4.94. The van der Waals surface area contributed by atoms with Gasteiger partial charge < -0.3 is 19.9 Å². The van der Waals surface area contributed by atoms with E-state index in [1.807, 2.05) is 25.1 Å². The molecular weight excluding hydrogens is 268 g/mol. The minimum Gasteiger partial charge on any atom is -0.490 e. The van der Waals surface area contributed by atoms with E-state index in [-0.39, 0.29) is 6.02 Å². The van der Waals surface area contributed by atoms with E-state index < -0.39 is 5.54 Å². The average Bonchev–Trinajstić information content (AvgIpc) is 2.84. The summed E-state index contributed by atoms with van der Waals surface area (Å²) < 4.78 is 16.8. The number of rotatable bonds is 7. The lowest BCUT2D eigenvalue weighted by atomic mass is 9.94. The van der Waals surface area contributed by atoms with Crippen molar-refractivity contribution in [3.05, 3.63) is 23.8 Å². The molecule has 116 valence electrons. The minimum absolute atomic E-state index is 0.236. The van der Waals surface area contributed by atoms with Gasteiger partial charge in [-0.3, -0.25) is 0 Å². The molecule has 2 N–H and O–H groups in total. The fraction of sp³-hybridized carbons (Fsp3) is 0.562. The zero-order valence-corrected chi connectivity index (χ0v) is 13.0. The molecule has 21 heavy (non-hydrogen) atoms. The van der Waals surface area contributed by atoms with E-state index in [0.29, 0.717) is 19.8 Å². The molecule has 5 nitrogen and oxygen atoms in total. The Labute approximate surface area is 126 Å². The van der Waals surface area contributed by atoms with Crippen molar-refractivity contribution in [3.8, 4) is 11.5 Å². The molecule has 0 saturated carbocycles. The lowest BCUT2D eigenvalue weighted by Crippen LogP contribution is -2.20. The second kappa shape index (κ2) is 6.70. The van der Waals surface area contributed by atoms with Gasteiger partial charge in [-0.2, -0.15) is 0 Å². The van der Waals surface area contributed by atoms with E-state index >= 15 is 0 Å². The van der Waals surface area contributed by atoms with Crippen LogP contribution in [0.4, 0.5) is 0 Å². The van der Waals surface area contributed by atoms with E-state index in [1.54, 1.807) is 0 Å². The Balaban J connectivity index is 2.27. The maximum atomic E-state index is 5.81. The maximum absolute atomic E-state index is 5.81. The quantitative estimate of drug-likeness (QED) is 0.839. The van der Waals surface area contributed by atoms with E-state index in [9.17, 15) is 0 Å². The molecule has 2 rings (SSSR count). The van der Waals surface area contributed by atoms with E-state index in [1.165, 1.54) is 0 Å². The zero-order valence-electron chi connectivity index (χ0n) is 13.0. The Hall–Kier alpha value is -1.91. The smallest absolute Gasteiger partial charge is 0.283 e. The molecule has 0 fully saturated rings. The molecule has 0 aromatic heterocycles. The van der Waals surface area contributed by atoms with Gasteiger partial charge >= 0.3 is 0 Å². The summed E-state index contributed by atoms with van der Waals surface area (Å²) in [6.45, 7) is 7.93. The van der Waals surface area contributed by atoms with Crippen LogP contribution in [-0.2, 0) is 10.3 Å². The molecule has 1 unspecified atom stereocenters. The topological polar surface area (TPSA) is 66.1 Å². The lowest BCUT2D eigenvalue weighted by Gasteiger charge is -2.21. The van der Waals surface area contributed by atoms with Gasteiger partial charge in [-0.25, -0.2) is 4.99 Å². The van der Waals surface area contributed by atoms with Crippen molar-refractivity contribution in [2.75, 3.05) is 19.8 Å². The summed E-state index contributed by atoms with van der Waals surface area (Å²) in [5.41, 5.74) is 6.18. The van der Waals surface area contributed by atoms with Crippen LogP contribution in [0.25, 0.3) is 0 Å². The summed E-state index contributed by atoms with van der Waals surface area (Å²) in [6, 6.07) is 6.15. The third-order valence-electron chi connectivity index (χ3n) is 3.35. The monoisotopic (exact) mass is 292 g/mol. The predicted molar refractivity (Wildman–Crippen MR) is 82.9 cm³/mol. The van der Waals surface area contributed by atoms with Crippen LogP contribution in [0.2, 0.25) is 0 Å². The number of hydrogen-bond donors (Lipinski definition) is 1. The van der Waals surface area contributed by atoms with Crippen LogP contribution in [0.5, 0.6) is 11.5 Å². The third-order valence-corrected chi connectivity index (χ3v) is 3.35. The molecule has 5 heteroatoms. The molecule has 0 aliphatic carbocycles. The van der Waals surface area contributed by atoms with Crippen molar-refractivity contribution in [1.29, 1.82) is 0 Å². The largest absolute Gasteiger partial charge is 0.490 e. The van der Waals surface area contributed by atoms with Crippen LogP contribution in [-0.4, -0.2) is 25.8 Å². The molecule has 1 atom stereocenters. The second-order valence-corrected chi connectivity index (χ2v) is 5.37. The number of hydrogen-bond acceptors (Lipinski definition) is 5. The van der Waals surface area contributed by atoms with Crippen molar-refractivity contribution in [1.82, 2.24) is 0 Å². The van der Waals surface area contributed by atoms with Crippen LogP contribution < -0.4 is 15.2 Å². The molecule has 0 bridgehead atoms. The molecule has 0 amide bonds. The minimum atomic E-state index is -0.461. The van der Waals surface area contributed by atoms with Crippen molar-refractivity contribution >= 4 is 6.02 Å². The first-order valence-electron chi connectivity index (χ1n) is 7.47. The number of ether oxygens (including phenoxy) is 3. The summed E-state index contributed by atoms with van der Waals surface area (Å²) >= 11 is 0. The molecule has 0 saturated heterocycles. The highest BCUT2D eigenvalue weighted by atomic mass is 16.5. The molecule has 0 radical (unpaired) electrons. The van der Waals surface area contributed by atoms with Crippen LogP contribution in [0.3, 0.4) is 0 Å². The highest BCUT2D eigenvalue weighted by Gasteiger charge is 2.33.